The SMILES string of the molecule is CC(O)(CSc1ccc(F)cc1)c1cc2cc(C(F)(F)F)cnc2[nH]1. The fourth-order valence-corrected chi connectivity index (χ4v) is 3.22. The normalized spacial score (nSPS) is 14.6. The van der Waals surface area contributed by atoms with Crippen molar-refractivity contribution < 1.29 is 22.7 Å². The molecule has 0 radical (unpaired) electrons. The number of alkyl halides is 3. The fourth-order valence-electron chi connectivity index (χ4n) is 2.29. The maximum absolute atomic E-state index is 12.9. The molecule has 2 N–H and O–H groups in total. The summed E-state index contributed by atoms with van der Waals surface area (Å²) in [5, 5.41) is 10.9. The largest absolute Gasteiger partial charge is 0.417 e. The standard InChI is InChI=1S/C17H14F4N2OS/c1-16(24,9-25-13-4-2-12(18)3-5-13)14-7-10-6-11(17(19,20)21)8-22-15(10)23-14/h2-8,24H,9H2,1H3,(H,22,23). The van der Waals surface area contributed by atoms with E-state index >= 15 is 0 Å². The van der Waals surface area contributed by atoms with E-state index in [9.17, 15) is 22.7 Å². The maximum atomic E-state index is 12.9. The van der Waals surface area contributed by atoms with Crippen LogP contribution in [-0.2, 0) is 11.8 Å². The Labute approximate surface area is 145 Å². The Kier molecular flexibility index (Phi) is 4.51. The first-order chi connectivity index (χ1) is 11.6. The van der Waals surface area contributed by atoms with E-state index in [-0.39, 0.29) is 22.6 Å². The minimum Gasteiger partial charge on any atom is -0.383 e. The highest BCUT2D eigenvalue weighted by atomic mass is 32.2. The van der Waals surface area contributed by atoms with Crippen molar-refractivity contribution in [2.45, 2.75) is 23.6 Å². The van der Waals surface area contributed by atoms with E-state index in [1.54, 1.807) is 19.1 Å². The number of nitrogens with zero attached hydrogens (tertiary/aromatic N) is 1. The van der Waals surface area contributed by atoms with Crippen molar-refractivity contribution in [2.24, 2.45) is 0 Å². The Hall–Kier alpha value is -2.06. The van der Waals surface area contributed by atoms with Gasteiger partial charge in [-0.3, -0.25) is 0 Å². The third kappa shape index (κ3) is 3.96. The first kappa shape index (κ1) is 17.8. The van der Waals surface area contributed by atoms with E-state index in [0.717, 1.165) is 17.2 Å². The van der Waals surface area contributed by atoms with Crippen LogP contribution in [0.5, 0.6) is 0 Å². The molecule has 0 aliphatic rings. The number of fused-ring (bicyclic) bond motifs is 1. The van der Waals surface area contributed by atoms with Gasteiger partial charge in [-0.2, -0.15) is 13.2 Å². The van der Waals surface area contributed by atoms with Gasteiger partial charge < -0.3 is 10.1 Å². The Morgan fingerprint density at radius 1 is 1.16 bits per heavy atom. The Morgan fingerprint density at radius 3 is 2.48 bits per heavy atom. The van der Waals surface area contributed by atoms with E-state index in [2.05, 4.69) is 9.97 Å². The molecule has 3 rings (SSSR count). The lowest BCUT2D eigenvalue weighted by Crippen LogP contribution is -2.24. The highest BCUT2D eigenvalue weighted by molar-refractivity contribution is 7.99. The van der Waals surface area contributed by atoms with E-state index in [1.807, 2.05) is 0 Å². The van der Waals surface area contributed by atoms with Gasteiger partial charge in [-0.25, -0.2) is 9.37 Å². The minimum absolute atomic E-state index is 0.234. The van der Waals surface area contributed by atoms with E-state index in [4.69, 9.17) is 0 Å². The average molecular weight is 370 g/mol. The monoisotopic (exact) mass is 370 g/mol. The summed E-state index contributed by atoms with van der Waals surface area (Å²) < 4.78 is 51.2. The lowest BCUT2D eigenvalue weighted by Gasteiger charge is -2.21. The molecule has 0 saturated heterocycles. The molecule has 3 aromatic rings. The maximum Gasteiger partial charge on any atom is 0.417 e. The zero-order chi connectivity index (χ0) is 18.2. The van der Waals surface area contributed by atoms with Crippen LogP contribution in [0, 0.1) is 5.82 Å². The number of H-pyrrole nitrogens is 1. The third-order valence-corrected chi connectivity index (χ3v) is 5.02. The number of halogens is 4. The van der Waals surface area contributed by atoms with Crippen molar-refractivity contribution in [2.75, 3.05) is 5.75 Å². The number of hydrogen-bond donors (Lipinski definition) is 2. The van der Waals surface area contributed by atoms with Gasteiger partial charge in [0.15, 0.2) is 0 Å². The number of aliphatic hydroxyl groups is 1. The molecule has 0 bridgehead atoms. The second kappa shape index (κ2) is 6.34. The molecule has 0 saturated carbocycles. The first-order valence-corrected chi connectivity index (χ1v) is 8.31. The highest BCUT2D eigenvalue weighted by Gasteiger charge is 2.32. The summed E-state index contributed by atoms with van der Waals surface area (Å²) in [6.07, 6.45) is -3.72. The van der Waals surface area contributed by atoms with Gasteiger partial charge in [0.25, 0.3) is 0 Å². The number of rotatable bonds is 4. The predicted molar refractivity (Wildman–Crippen MR) is 87.8 cm³/mol. The predicted octanol–water partition coefficient (Wildman–Crippen LogP) is 4.72. The minimum atomic E-state index is -4.47. The average Bonchev–Trinajstić information content (AvgIpc) is 2.97. The van der Waals surface area contributed by atoms with Crippen LogP contribution >= 0.6 is 11.8 Å². The van der Waals surface area contributed by atoms with Crippen LogP contribution in [-0.4, -0.2) is 20.8 Å². The Balaban J connectivity index is 1.82. The summed E-state index contributed by atoms with van der Waals surface area (Å²) in [4.78, 5) is 7.41. The topological polar surface area (TPSA) is 48.9 Å². The van der Waals surface area contributed by atoms with Crippen molar-refractivity contribution in [3.8, 4) is 0 Å². The lowest BCUT2D eigenvalue weighted by atomic mass is 10.1. The van der Waals surface area contributed by atoms with Crippen LogP contribution in [0.25, 0.3) is 11.0 Å². The zero-order valence-electron chi connectivity index (χ0n) is 13.1. The summed E-state index contributed by atoms with van der Waals surface area (Å²) in [5.41, 5.74) is -1.53. The zero-order valence-corrected chi connectivity index (χ0v) is 13.9. The van der Waals surface area contributed by atoms with Crippen molar-refractivity contribution in [1.29, 1.82) is 0 Å². The number of nitrogens with one attached hydrogen (secondary N) is 1. The summed E-state index contributed by atoms with van der Waals surface area (Å²) in [6, 6.07) is 8.29. The van der Waals surface area contributed by atoms with Crippen LogP contribution in [0.1, 0.15) is 18.2 Å². The number of aromatic amines is 1. The molecule has 0 fully saturated rings. The molecule has 2 heterocycles. The number of thioether (sulfide) groups is 1. The van der Waals surface area contributed by atoms with Crippen LogP contribution in [0.15, 0.2) is 47.5 Å². The van der Waals surface area contributed by atoms with Gasteiger partial charge in [0, 0.05) is 27.9 Å². The molecule has 1 atom stereocenters. The molecule has 2 aromatic heterocycles. The molecule has 0 aliphatic carbocycles. The number of aromatic nitrogens is 2. The summed E-state index contributed by atoms with van der Waals surface area (Å²) in [5.74, 6) is -0.115. The smallest absolute Gasteiger partial charge is 0.383 e. The third-order valence-electron chi connectivity index (χ3n) is 3.71. The highest BCUT2D eigenvalue weighted by Crippen LogP contribution is 2.33. The molecule has 0 amide bonds. The van der Waals surface area contributed by atoms with E-state index < -0.39 is 17.3 Å². The van der Waals surface area contributed by atoms with E-state index in [0.29, 0.717) is 5.69 Å². The molecule has 3 nitrogen and oxygen atoms in total. The van der Waals surface area contributed by atoms with Crippen LogP contribution in [0.2, 0.25) is 0 Å². The molecule has 0 aliphatic heterocycles. The van der Waals surface area contributed by atoms with Crippen molar-refractivity contribution >= 4 is 22.8 Å². The second-order valence-electron chi connectivity index (χ2n) is 5.86. The van der Waals surface area contributed by atoms with Crippen LogP contribution in [0.4, 0.5) is 17.6 Å². The Bertz CT molecular complexity index is 888. The molecule has 1 aromatic carbocycles. The van der Waals surface area contributed by atoms with Gasteiger partial charge in [0.2, 0.25) is 0 Å². The van der Waals surface area contributed by atoms with Gasteiger partial charge in [-0.05, 0) is 43.3 Å². The molecular formula is C17H14F4N2OS. The molecule has 25 heavy (non-hydrogen) atoms. The molecule has 8 heteroatoms. The van der Waals surface area contributed by atoms with Gasteiger partial charge in [0.05, 0.1) is 5.56 Å². The fraction of sp³-hybridized carbons (Fsp3) is 0.235. The second-order valence-corrected chi connectivity index (χ2v) is 6.91. The first-order valence-electron chi connectivity index (χ1n) is 7.32. The summed E-state index contributed by atoms with van der Waals surface area (Å²) >= 11 is 1.31. The molecule has 1 unspecified atom stereocenters. The number of benzene rings is 1. The number of pyridine rings is 1. The van der Waals surface area contributed by atoms with Crippen molar-refractivity contribution in [1.82, 2.24) is 9.97 Å². The lowest BCUT2D eigenvalue weighted by molar-refractivity contribution is -0.137. The van der Waals surface area contributed by atoms with Gasteiger partial charge in [-0.1, -0.05) is 0 Å². The van der Waals surface area contributed by atoms with Crippen LogP contribution in [0.3, 0.4) is 0 Å². The van der Waals surface area contributed by atoms with Gasteiger partial charge >= 0.3 is 6.18 Å². The van der Waals surface area contributed by atoms with Crippen molar-refractivity contribution in [3.05, 3.63) is 59.7 Å². The number of hydrogen-bond acceptors (Lipinski definition) is 3. The quantitative estimate of drug-likeness (QED) is 0.516. The van der Waals surface area contributed by atoms with Gasteiger partial charge in [0.1, 0.15) is 17.1 Å². The molecule has 132 valence electrons. The summed E-state index contributed by atoms with van der Waals surface area (Å²) in [6.45, 7) is 1.55. The Morgan fingerprint density at radius 2 is 1.84 bits per heavy atom. The molecular weight excluding hydrogens is 356 g/mol. The molecule has 0 spiro atoms. The van der Waals surface area contributed by atoms with E-state index in [1.165, 1.54) is 30.0 Å². The van der Waals surface area contributed by atoms with Gasteiger partial charge in [-0.15, -0.1) is 11.8 Å². The summed E-state index contributed by atoms with van der Waals surface area (Å²) in [7, 11) is 0. The van der Waals surface area contributed by atoms with Crippen molar-refractivity contribution in [3.63, 3.8) is 0 Å². The van der Waals surface area contributed by atoms with Crippen LogP contribution < -0.4 is 0 Å².